The highest BCUT2D eigenvalue weighted by molar-refractivity contribution is 8.00. The third-order valence-corrected chi connectivity index (χ3v) is 6.75. The number of fused-ring (bicyclic) bond motifs is 1. The summed E-state index contributed by atoms with van der Waals surface area (Å²) in [6.07, 6.45) is 5.27. The lowest BCUT2D eigenvalue weighted by atomic mass is 10.0. The SMILES string of the molecule is O=C(Cc1cccs1)NC1C(=O)N2C(C(=O)O)=C(C=Cc3ccccn3)CS[C@H]12. The zero-order valence-corrected chi connectivity index (χ0v) is 16.8. The Kier molecular flexibility index (Phi) is 5.50. The van der Waals surface area contributed by atoms with Crippen LogP contribution >= 0.6 is 23.1 Å². The largest absolute Gasteiger partial charge is 0.477 e. The molecule has 0 saturated carbocycles. The van der Waals surface area contributed by atoms with Gasteiger partial charge in [0, 0.05) is 16.8 Å². The van der Waals surface area contributed by atoms with Gasteiger partial charge < -0.3 is 10.4 Å². The number of hydrogen-bond donors (Lipinski definition) is 2. The number of thioether (sulfide) groups is 1. The first-order valence-electron chi connectivity index (χ1n) is 8.86. The standard InChI is InChI=1S/C20H17N3O4S2/c24-15(10-14-5-3-9-28-14)22-16-18(25)23-17(20(26)27)12(11-29-19(16)23)6-7-13-4-1-2-8-21-13/h1-9,16,19H,10-11H2,(H,22,24)(H,26,27)/t16?,19-/m1/s1. The van der Waals surface area contributed by atoms with Crippen molar-refractivity contribution in [3.8, 4) is 0 Å². The monoisotopic (exact) mass is 427 g/mol. The van der Waals surface area contributed by atoms with Crippen LogP contribution in [0.25, 0.3) is 6.08 Å². The van der Waals surface area contributed by atoms with Crippen molar-refractivity contribution < 1.29 is 19.5 Å². The van der Waals surface area contributed by atoms with Gasteiger partial charge in [-0.2, -0.15) is 0 Å². The van der Waals surface area contributed by atoms with E-state index in [1.807, 2.05) is 29.6 Å². The lowest BCUT2D eigenvalue weighted by molar-refractivity contribution is -0.150. The maximum atomic E-state index is 12.6. The summed E-state index contributed by atoms with van der Waals surface area (Å²) in [5.74, 6) is -1.38. The van der Waals surface area contributed by atoms with Crippen molar-refractivity contribution >= 4 is 47.0 Å². The molecule has 2 aliphatic rings. The topological polar surface area (TPSA) is 99.6 Å². The van der Waals surface area contributed by atoms with Crippen molar-refractivity contribution in [3.05, 3.63) is 69.8 Å². The Morgan fingerprint density at radius 2 is 2.14 bits per heavy atom. The Labute approximate surface area is 175 Å². The number of rotatable bonds is 6. The van der Waals surface area contributed by atoms with Gasteiger partial charge in [-0.15, -0.1) is 23.1 Å². The molecule has 2 aromatic rings. The molecule has 0 aliphatic carbocycles. The van der Waals surface area contributed by atoms with E-state index in [1.54, 1.807) is 24.4 Å². The smallest absolute Gasteiger partial charge is 0.352 e. The zero-order chi connectivity index (χ0) is 20.4. The Bertz CT molecular complexity index is 1000. The van der Waals surface area contributed by atoms with Crippen LogP contribution < -0.4 is 5.32 Å². The molecule has 0 radical (unpaired) electrons. The van der Waals surface area contributed by atoms with Gasteiger partial charge in [-0.3, -0.25) is 19.5 Å². The van der Waals surface area contributed by atoms with E-state index in [9.17, 15) is 19.5 Å². The van der Waals surface area contributed by atoms with Gasteiger partial charge in [0.15, 0.2) is 0 Å². The number of amides is 2. The number of carboxylic acid groups (broad SMARTS) is 1. The lowest BCUT2D eigenvalue weighted by Gasteiger charge is -2.49. The van der Waals surface area contributed by atoms with Crippen molar-refractivity contribution in [1.82, 2.24) is 15.2 Å². The van der Waals surface area contributed by atoms with Gasteiger partial charge >= 0.3 is 5.97 Å². The maximum Gasteiger partial charge on any atom is 0.352 e. The molecule has 4 rings (SSSR count). The Morgan fingerprint density at radius 3 is 2.83 bits per heavy atom. The number of β-lactam (4-membered cyclic amide) rings is 1. The van der Waals surface area contributed by atoms with E-state index in [1.165, 1.54) is 28.0 Å². The van der Waals surface area contributed by atoms with Crippen LogP contribution in [0, 0.1) is 0 Å². The van der Waals surface area contributed by atoms with E-state index in [-0.39, 0.29) is 18.0 Å². The minimum absolute atomic E-state index is 0.0327. The minimum atomic E-state index is -1.16. The molecule has 2 amide bonds. The highest BCUT2D eigenvalue weighted by atomic mass is 32.2. The molecule has 9 heteroatoms. The number of carbonyl (C=O) groups excluding carboxylic acids is 2. The fourth-order valence-electron chi connectivity index (χ4n) is 3.23. The normalized spacial score (nSPS) is 21.1. The summed E-state index contributed by atoms with van der Waals surface area (Å²) in [6.45, 7) is 0. The van der Waals surface area contributed by atoms with Crippen molar-refractivity contribution in [2.75, 3.05) is 5.75 Å². The van der Waals surface area contributed by atoms with Gasteiger partial charge in [-0.25, -0.2) is 4.79 Å². The molecule has 2 atom stereocenters. The van der Waals surface area contributed by atoms with Gasteiger partial charge in [0.05, 0.1) is 12.1 Å². The summed E-state index contributed by atoms with van der Waals surface area (Å²) >= 11 is 2.92. The number of pyridine rings is 1. The second-order valence-corrected chi connectivity index (χ2v) is 8.62. The van der Waals surface area contributed by atoms with E-state index < -0.39 is 23.3 Å². The van der Waals surface area contributed by atoms with Gasteiger partial charge in [-0.1, -0.05) is 18.2 Å². The first-order chi connectivity index (χ1) is 14.0. The summed E-state index contributed by atoms with van der Waals surface area (Å²) in [7, 11) is 0. The zero-order valence-electron chi connectivity index (χ0n) is 15.1. The van der Waals surface area contributed by atoms with Gasteiger partial charge in [-0.05, 0) is 35.2 Å². The van der Waals surface area contributed by atoms with E-state index in [2.05, 4.69) is 10.3 Å². The number of carboxylic acids is 1. The Morgan fingerprint density at radius 1 is 1.28 bits per heavy atom. The number of nitrogens with zero attached hydrogens (tertiary/aromatic N) is 2. The molecule has 4 heterocycles. The Hall–Kier alpha value is -2.91. The number of aliphatic carboxylic acids is 1. The quantitative estimate of drug-likeness (QED) is 0.686. The molecule has 2 aliphatic heterocycles. The van der Waals surface area contributed by atoms with E-state index >= 15 is 0 Å². The third kappa shape index (κ3) is 3.96. The highest BCUT2D eigenvalue weighted by Gasteiger charge is 2.53. The van der Waals surface area contributed by atoms with Crippen LogP contribution in [0.3, 0.4) is 0 Å². The number of aromatic nitrogens is 1. The summed E-state index contributed by atoms with van der Waals surface area (Å²) < 4.78 is 0. The van der Waals surface area contributed by atoms with Crippen LogP contribution in [0.4, 0.5) is 0 Å². The maximum absolute atomic E-state index is 12.6. The molecule has 7 nitrogen and oxygen atoms in total. The van der Waals surface area contributed by atoms with Crippen LogP contribution in [-0.2, 0) is 20.8 Å². The van der Waals surface area contributed by atoms with E-state index in [0.717, 1.165) is 4.88 Å². The number of thiophene rings is 1. The number of carbonyl (C=O) groups is 3. The predicted molar refractivity (Wildman–Crippen MR) is 111 cm³/mol. The molecule has 2 aromatic heterocycles. The molecule has 1 fully saturated rings. The minimum Gasteiger partial charge on any atom is -0.477 e. The molecular weight excluding hydrogens is 410 g/mol. The van der Waals surface area contributed by atoms with Crippen LogP contribution in [0.5, 0.6) is 0 Å². The van der Waals surface area contributed by atoms with Crippen molar-refractivity contribution in [2.45, 2.75) is 17.8 Å². The summed E-state index contributed by atoms with van der Waals surface area (Å²) in [5.41, 5.74) is 1.21. The fourth-order valence-corrected chi connectivity index (χ4v) is 5.25. The van der Waals surface area contributed by atoms with Crippen molar-refractivity contribution in [1.29, 1.82) is 0 Å². The Balaban J connectivity index is 1.49. The second kappa shape index (κ2) is 8.22. The molecule has 0 bridgehead atoms. The summed E-state index contributed by atoms with van der Waals surface area (Å²) in [4.78, 5) is 43.1. The highest BCUT2D eigenvalue weighted by Crippen LogP contribution is 2.40. The fraction of sp³-hybridized carbons (Fsp3) is 0.200. The third-order valence-electron chi connectivity index (χ3n) is 4.57. The first-order valence-corrected chi connectivity index (χ1v) is 10.8. The van der Waals surface area contributed by atoms with Gasteiger partial charge in [0.2, 0.25) is 5.91 Å². The molecule has 148 valence electrons. The van der Waals surface area contributed by atoms with Crippen LogP contribution in [0.2, 0.25) is 0 Å². The molecule has 0 spiro atoms. The molecule has 1 unspecified atom stereocenters. The number of hydrogen-bond acceptors (Lipinski definition) is 6. The van der Waals surface area contributed by atoms with E-state index in [4.69, 9.17) is 0 Å². The molecule has 0 aromatic carbocycles. The average Bonchev–Trinajstić information content (AvgIpc) is 3.23. The average molecular weight is 428 g/mol. The molecular formula is C20H17N3O4S2. The van der Waals surface area contributed by atoms with Crippen molar-refractivity contribution in [2.24, 2.45) is 0 Å². The van der Waals surface area contributed by atoms with Gasteiger partial charge in [0.25, 0.3) is 5.91 Å². The summed E-state index contributed by atoms with van der Waals surface area (Å²) in [5, 5.41) is 13.9. The predicted octanol–water partition coefficient (Wildman–Crippen LogP) is 2.14. The molecule has 2 N–H and O–H groups in total. The lowest BCUT2D eigenvalue weighted by Crippen LogP contribution is -2.70. The first kappa shape index (κ1) is 19.4. The number of nitrogens with one attached hydrogen (secondary N) is 1. The van der Waals surface area contributed by atoms with E-state index in [0.29, 0.717) is 17.0 Å². The summed E-state index contributed by atoms with van der Waals surface area (Å²) in [6, 6.07) is 8.47. The van der Waals surface area contributed by atoms with Crippen molar-refractivity contribution in [3.63, 3.8) is 0 Å². The molecule has 29 heavy (non-hydrogen) atoms. The second-order valence-electron chi connectivity index (χ2n) is 6.48. The molecule has 1 saturated heterocycles. The number of allylic oxidation sites excluding steroid dienone is 1. The van der Waals surface area contributed by atoms with Crippen LogP contribution in [0.15, 0.2) is 59.3 Å². The van der Waals surface area contributed by atoms with Crippen LogP contribution in [0.1, 0.15) is 10.6 Å². The van der Waals surface area contributed by atoms with Gasteiger partial charge in [0.1, 0.15) is 17.1 Å². The van der Waals surface area contributed by atoms with Crippen LogP contribution in [-0.4, -0.2) is 49.9 Å².